The molecule has 10 heteroatoms. The number of halogens is 5. The van der Waals surface area contributed by atoms with Gasteiger partial charge < -0.3 is 10.2 Å². The normalized spacial score (nSPS) is 40.2. The fourth-order valence-corrected chi connectivity index (χ4v) is 13.2. The van der Waals surface area contributed by atoms with Crippen LogP contribution in [0.4, 0.5) is 22.0 Å². The first kappa shape index (κ1) is 34.3. The van der Waals surface area contributed by atoms with Crippen LogP contribution in [0.2, 0.25) is 0 Å². The summed E-state index contributed by atoms with van der Waals surface area (Å²) < 4.78 is 98.2. The molecule has 0 spiro atoms. The lowest BCUT2D eigenvalue weighted by atomic mass is 9.46. The van der Waals surface area contributed by atoms with Crippen LogP contribution in [0, 0.1) is 40.4 Å². The van der Waals surface area contributed by atoms with Crippen molar-refractivity contribution in [2.75, 3.05) is 0 Å². The number of fused-ring (bicyclic) bond motifs is 5. The van der Waals surface area contributed by atoms with Gasteiger partial charge in [-0.15, -0.1) is 0 Å². The first-order valence-electron chi connectivity index (χ1n) is 17.1. The molecular formula is C36H49F5O4S. The van der Waals surface area contributed by atoms with Crippen LogP contribution in [0.3, 0.4) is 0 Å². The van der Waals surface area contributed by atoms with Gasteiger partial charge in [0.1, 0.15) is 0 Å². The Morgan fingerprint density at radius 1 is 0.891 bits per heavy atom. The molecule has 6 rings (SSSR count). The van der Waals surface area contributed by atoms with Crippen molar-refractivity contribution in [2.45, 2.75) is 138 Å². The molecule has 258 valence electrons. The van der Waals surface area contributed by atoms with Gasteiger partial charge in [0, 0.05) is 19.3 Å². The predicted molar refractivity (Wildman–Crippen MR) is 166 cm³/mol. The van der Waals surface area contributed by atoms with E-state index in [2.05, 4.69) is 13.8 Å². The molecule has 0 bridgehead atoms. The second-order valence-corrected chi connectivity index (χ2v) is 18.4. The maximum Gasteiger partial charge on any atom is 0.417 e. The third-order valence-corrected chi connectivity index (χ3v) is 16.3. The van der Waals surface area contributed by atoms with Gasteiger partial charge in [-0.05, 0) is 117 Å². The van der Waals surface area contributed by atoms with Gasteiger partial charge in [-0.25, -0.2) is 17.2 Å². The Hall–Kier alpha value is -1.52. The van der Waals surface area contributed by atoms with E-state index in [0.29, 0.717) is 6.42 Å². The zero-order chi connectivity index (χ0) is 33.6. The summed E-state index contributed by atoms with van der Waals surface area (Å²) in [6.07, 6.45) is -0.361. The summed E-state index contributed by atoms with van der Waals surface area (Å²) in [6.45, 7) is 6.31. The van der Waals surface area contributed by atoms with Crippen molar-refractivity contribution >= 4 is 9.84 Å². The summed E-state index contributed by atoms with van der Waals surface area (Å²) in [6, 6.07) is 8.22. The van der Waals surface area contributed by atoms with E-state index in [1.807, 2.05) is 13.0 Å². The Labute approximate surface area is 270 Å². The largest absolute Gasteiger partial charge is 0.417 e. The van der Waals surface area contributed by atoms with E-state index in [9.17, 15) is 40.6 Å². The minimum Gasteiger partial charge on any atom is -0.390 e. The summed E-state index contributed by atoms with van der Waals surface area (Å²) in [4.78, 5) is 0.175. The maximum atomic E-state index is 14.3. The highest BCUT2D eigenvalue weighted by atomic mass is 32.2. The third kappa shape index (κ3) is 5.58. The molecule has 1 aromatic rings. The topological polar surface area (TPSA) is 74.6 Å². The summed E-state index contributed by atoms with van der Waals surface area (Å²) in [5.74, 6) is -2.44. The third-order valence-electron chi connectivity index (χ3n) is 14.0. The zero-order valence-electron chi connectivity index (χ0n) is 27.1. The second kappa shape index (κ2) is 11.3. The van der Waals surface area contributed by atoms with E-state index in [1.165, 1.54) is 0 Å². The van der Waals surface area contributed by atoms with Crippen molar-refractivity contribution in [3.63, 3.8) is 0 Å². The SMILES string of the molecule is C[C@H](C(CC1(O)CCC(F)(F)CC1)S(=O)(=O)c1ccccc1)[C@H]1CC[C@H]2[C@@H]3CC=C4C[C@](O)(C(F)(F)F)CC[C@]4(C)[C@H]3CC[C@]12C. The Bertz CT molecular complexity index is 1430. The van der Waals surface area contributed by atoms with Gasteiger partial charge in [0.2, 0.25) is 5.92 Å². The molecule has 0 aliphatic heterocycles. The number of sulfone groups is 1. The minimum absolute atomic E-state index is 0.0235. The van der Waals surface area contributed by atoms with Crippen molar-refractivity contribution in [2.24, 2.45) is 40.4 Å². The molecule has 1 unspecified atom stereocenters. The standard InChI is InChI=1S/C36H49F5O4S/c1-23(30(46(44,45)25-7-5-4-6-8-25)22-33(42)16-19-35(37,38)20-17-33)27-11-12-28-26-10-9-24-21-34(43,36(39,40)41)18-15-31(24,2)29(26)13-14-32(27,28)3/h4-9,23,26-30,42-43H,10-22H2,1-3H3/t23-,26-,27+,28-,29-,30?,31-,32+,34-/m0/s1. The highest BCUT2D eigenvalue weighted by Gasteiger charge is 2.64. The number of allylic oxidation sites excluding steroid dienone is 1. The smallest absolute Gasteiger partial charge is 0.390 e. The summed E-state index contributed by atoms with van der Waals surface area (Å²) >= 11 is 0. The van der Waals surface area contributed by atoms with E-state index >= 15 is 0 Å². The van der Waals surface area contributed by atoms with E-state index in [0.717, 1.165) is 31.3 Å². The van der Waals surface area contributed by atoms with Crippen LogP contribution < -0.4 is 0 Å². The van der Waals surface area contributed by atoms with Gasteiger partial charge in [0.15, 0.2) is 15.4 Å². The minimum atomic E-state index is -4.67. The van der Waals surface area contributed by atoms with Crippen molar-refractivity contribution in [1.29, 1.82) is 0 Å². The van der Waals surface area contributed by atoms with Crippen LogP contribution >= 0.6 is 0 Å². The van der Waals surface area contributed by atoms with E-state index in [1.54, 1.807) is 30.3 Å². The molecule has 0 amide bonds. The van der Waals surface area contributed by atoms with Gasteiger partial charge in [0.25, 0.3) is 0 Å². The molecule has 0 saturated heterocycles. The fraction of sp³-hybridized carbons (Fsp3) is 0.778. The molecule has 46 heavy (non-hydrogen) atoms. The van der Waals surface area contributed by atoms with Gasteiger partial charge in [-0.3, -0.25) is 0 Å². The Morgan fingerprint density at radius 3 is 2.17 bits per heavy atom. The lowest BCUT2D eigenvalue weighted by Gasteiger charge is -2.59. The van der Waals surface area contributed by atoms with E-state index in [4.69, 9.17) is 0 Å². The Kier molecular flexibility index (Phi) is 8.41. The van der Waals surface area contributed by atoms with Gasteiger partial charge >= 0.3 is 6.18 Å². The molecule has 4 saturated carbocycles. The average molecular weight is 673 g/mol. The molecule has 5 aliphatic rings. The van der Waals surface area contributed by atoms with Gasteiger partial charge in [-0.1, -0.05) is 50.6 Å². The number of benzene rings is 1. The molecule has 4 fully saturated rings. The highest BCUT2D eigenvalue weighted by Crippen LogP contribution is 2.68. The Morgan fingerprint density at radius 2 is 1.54 bits per heavy atom. The zero-order valence-corrected chi connectivity index (χ0v) is 27.9. The van der Waals surface area contributed by atoms with E-state index in [-0.39, 0.29) is 78.4 Å². The van der Waals surface area contributed by atoms with Crippen LogP contribution in [0.5, 0.6) is 0 Å². The monoisotopic (exact) mass is 672 g/mol. The summed E-state index contributed by atoms with van der Waals surface area (Å²) in [5, 5.41) is 21.2. The van der Waals surface area contributed by atoms with Crippen LogP contribution in [-0.2, 0) is 9.84 Å². The van der Waals surface area contributed by atoms with Crippen LogP contribution in [-0.4, -0.2) is 47.2 Å². The molecule has 0 radical (unpaired) electrons. The number of alkyl halides is 5. The van der Waals surface area contributed by atoms with Crippen molar-refractivity contribution in [3.05, 3.63) is 42.0 Å². The fourth-order valence-electron chi connectivity index (χ4n) is 11.1. The van der Waals surface area contributed by atoms with E-state index < -0.39 is 56.6 Å². The van der Waals surface area contributed by atoms with Crippen molar-refractivity contribution in [3.8, 4) is 0 Å². The lowest BCUT2D eigenvalue weighted by Crippen LogP contribution is -2.56. The number of rotatable bonds is 6. The molecule has 1 aromatic carbocycles. The number of hydrogen-bond donors (Lipinski definition) is 2. The predicted octanol–water partition coefficient (Wildman–Crippen LogP) is 8.67. The summed E-state index contributed by atoms with van der Waals surface area (Å²) in [7, 11) is -3.91. The van der Waals surface area contributed by atoms with Gasteiger partial charge in [0.05, 0.1) is 15.7 Å². The lowest BCUT2D eigenvalue weighted by molar-refractivity contribution is -0.271. The first-order chi connectivity index (χ1) is 21.2. The van der Waals surface area contributed by atoms with Gasteiger partial charge in [-0.2, -0.15) is 13.2 Å². The van der Waals surface area contributed by atoms with Crippen LogP contribution in [0.25, 0.3) is 0 Å². The Balaban J connectivity index is 1.28. The number of aliphatic hydroxyl groups is 2. The molecule has 0 heterocycles. The summed E-state index contributed by atoms with van der Waals surface area (Å²) in [5.41, 5.74) is -4.04. The molecule has 0 aromatic heterocycles. The van der Waals surface area contributed by atoms with Crippen molar-refractivity contribution in [1.82, 2.24) is 0 Å². The molecule has 2 N–H and O–H groups in total. The molecule has 5 aliphatic carbocycles. The van der Waals surface area contributed by atoms with Crippen LogP contribution in [0.1, 0.15) is 104 Å². The second-order valence-electron chi connectivity index (χ2n) is 16.2. The first-order valence-corrected chi connectivity index (χ1v) is 18.7. The molecule has 4 nitrogen and oxygen atoms in total. The molecule has 9 atom stereocenters. The van der Waals surface area contributed by atoms with Crippen LogP contribution in [0.15, 0.2) is 46.9 Å². The number of hydrogen-bond acceptors (Lipinski definition) is 4. The maximum absolute atomic E-state index is 14.3. The highest BCUT2D eigenvalue weighted by molar-refractivity contribution is 7.92. The average Bonchev–Trinajstić information content (AvgIpc) is 3.35. The molecular weight excluding hydrogens is 623 g/mol. The quantitative estimate of drug-likeness (QED) is 0.234. The van der Waals surface area contributed by atoms with Crippen molar-refractivity contribution < 1.29 is 40.6 Å².